The smallest absolute Gasteiger partial charge is 0.313 e. The Hall–Kier alpha value is -2.41. The molecule has 1 aromatic rings. The largest absolute Gasteiger partial charge is 0.481 e. The minimum atomic E-state index is -1.08. The van der Waals surface area contributed by atoms with Crippen LogP contribution in [0.2, 0.25) is 0 Å². The number of nitrogens with zero attached hydrogens (tertiary/aromatic N) is 1. The minimum Gasteiger partial charge on any atom is -0.481 e. The lowest BCUT2D eigenvalue weighted by molar-refractivity contribution is -0.152. The van der Waals surface area contributed by atoms with Crippen LogP contribution < -0.4 is 5.32 Å². The zero-order valence-electron chi connectivity index (χ0n) is 16.1. The molecule has 0 aliphatic carbocycles. The summed E-state index contributed by atoms with van der Waals surface area (Å²) in [6.45, 7) is 4.21. The summed E-state index contributed by atoms with van der Waals surface area (Å²) in [4.78, 5) is 38.6. The summed E-state index contributed by atoms with van der Waals surface area (Å²) in [6.07, 6.45) is 0.533. The van der Waals surface area contributed by atoms with E-state index in [2.05, 4.69) is 5.32 Å². The normalized spacial score (nSPS) is 20.5. The third-order valence-corrected chi connectivity index (χ3v) is 5.00. The van der Waals surface area contributed by atoms with E-state index in [1.54, 1.807) is 0 Å². The maximum atomic E-state index is 13.0. The van der Waals surface area contributed by atoms with Crippen LogP contribution >= 0.6 is 0 Å². The van der Waals surface area contributed by atoms with Gasteiger partial charge in [-0.25, -0.2) is 0 Å². The van der Waals surface area contributed by atoms with E-state index in [1.165, 1.54) is 12.0 Å². The molecule has 7 nitrogen and oxygen atoms in total. The van der Waals surface area contributed by atoms with Gasteiger partial charge < -0.3 is 20.1 Å². The molecule has 0 aromatic heterocycles. The first-order valence-corrected chi connectivity index (χ1v) is 9.13. The molecule has 1 fully saturated rings. The highest BCUT2D eigenvalue weighted by molar-refractivity contribution is 5.89. The van der Waals surface area contributed by atoms with Crippen molar-refractivity contribution in [1.82, 2.24) is 10.2 Å². The highest BCUT2D eigenvalue weighted by Crippen LogP contribution is 2.32. The Morgan fingerprint density at radius 3 is 2.48 bits per heavy atom. The van der Waals surface area contributed by atoms with Crippen LogP contribution in [0.1, 0.15) is 25.8 Å². The van der Waals surface area contributed by atoms with E-state index in [9.17, 15) is 19.5 Å². The zero-order valence-corrected chi connectivity index (χ0v) is 16.1. The fraction of sp³-hybridized carbons (Fsp3) is 0.550. The third kappa shape index (κ3) is 5.07. The molecule has 1 saturated heterocycles. The molecular weight excluding hydrogens is 348 g/mol. The summed E-state index contributed by atoms with van der Waals surface area (Å²) in [5.74, 6) is -1.55. The van der Waals surface area contributed by atoms with Gasteiger partial charge >= 0.3 is 5.97 Å². The molecule has 0 spiro atoms. The van der Waals surface area contributed by atoms with Crippen molar-refractivity contribution in [3.05, 3.63) is 35.9 Å². The second-order valence-corrected chi connectivity index (χ2v) is 7.48. The average Bonchev–Trinajstić information content (AvgIpc) is 3.06. The van der Waals surface area contributed by atoms with Crippen molar-refractivity contribution in [2.24, 2.45) is 11.3 Å². The summed E-state index contributed by atoms with van der Waals surface area (Å²) in [6, 6.07) is 8.63. The van der Waals surface area contributed by atoms with Crippen molar-refractivity contribution in [3.8, 4) is 0 Å². The average molecular weight is 376 g/mol. The van der Waals surface area contributed by atoms with Crippen molar-refractivity contribution < 1.29 is 24.2 Å². The highest BCUT2D eigenvalue weighted by Gasteiger charge is 2.47. The van der Waals surface area contributed by atoms with Crippen LogP contribution in [-0.4, -0.2) is 60.6 Å². The topological polar surface area (TPSA) is 95.9 Å². The van der Waals surface area contributed by atoms with Gasteiger partial charge in [-0.2, -0.15) is 0 Å². The maximum Gasteiger partial charge on any atom is 0.313 e. The number of benzene rings is 1. The van der Waals surface area contributed by atoms with Gasteiger partial charge in [0.15, 0.2) is 0 Å². The molecule has 0 saturated carbocycles. The Morgan fingerprint density at radius 1 is 1.26 bits per heavy atom. The number of carboxylic acid groups (broad SMARTS) is 1. The standard InChI is InChI=1S/C20H28N2O5/c1-14(2)17(21-16(23)11-15-7-5-4-6-8-15)18(24)22-10-9-20(12-22,13-27-3)19(25)26/h4-8,14,17H,9-13H2,1-3H3,(H,21,23)(H,25,26). The van der Waals surface area contributed by atoms with Gasteiger partial charge in [0.2, 0.25) is 11.8 Å². The summed E-state index contributed by atoms with van der Waals surface area (Å²) < 4.78 is 5.07. The molecule has 0 bridgehead atoms. The van der Waals surface area contributed by atoms with E-state index in [4.69, 9.17) is 4.74 Å². The van der Waals surface area contributed by atoms with Gasteiger partial charge in [0.1, 0.15) is 11.5 Å². The van der Waals surface area contributed by atoms with Gasteiger partial charge in [-0.05, 0) is 17.9 Å². The number of aliphatic carboxylic acids is 1. The second-order valence-electron chi connectivity index (χ2n) is 7.48. The number of methoxy groups -OCH3 is 1. The van der Waals surface area contributed by atoms with Crippen molar-refractivity contribution in [1.29, 1.82) is 0 Å². The monoisotopic (exact) mass is 376 g/mol. The lowest BCUT2D eigenvalue weighted by Gasteiger charge is -2.28. The van der Waals surface area contributed by atoms with E-state index in [0.29, 0.717) is 13.0 Å². The fourth-order valence-corrected chi connectivity index (χ4v) is 3.41. The van der Waals surface area contributed by atoms with Crippen LogP contribution in [0.15, 0.2) is 30.3 Å². The number of ether oxygens (including phenoxy) is 1. The maximum absolute atomic E-state index is 13.0. The molecule has 2 unspecified atom stereocenters. The lowest BCUT2D eigenvalue weighted by Crippen LogP contribution is -2.52. The van der Waals surface area contributed by atoms with Crippen molar-refractivity contribution in [2.75, 3.05) is 26.8 Å². The molecule has 1 aliphatic heterocycles. The first-order chi connectivity index (χ1) is 12.8. The van der Waals surface area contributed by atoms with Crippen LogP contribution in [0.5, 0.6) is 0 Å². The van der Waals surface area contributed by atoms with Crippen molar-refractivity contribution >= 4 is 17.8 Å². The molecule has 1 aliphatic rings. The number of hydrogen-bond donors (Lipinski definition) is 2. The van der Waals surface area contributed by atoms with Gasteiger partial charge in [0.05, 0.1) is 13.0 Å². The Balaban J connectivity index is 2.04. The van der Waals surface area contributed by atoms with Crippen LogP contribution in [0.3, 0.4) is 0 Å². The Bertz CT molecular complexity index is 676. The molecule has 2 rings (SSSR count). The van der Waals surface area contributed by atoms with Gasteiger partial charge in [-0.3, -0.25) is 14.4 Å². The Kier molecular flexibility index (Phi) is 6.96. The molecule has 27 heavy (non-hydrogen) atoms. The van der Waals surface area contributed by atoms with E-state index < -0.39 is 17.4 Å². The fourth-order valence-electron chi connectivity index (χ4n) is 3.41. The number of nitrogens with one attached hydrogen (secondary N) is 1. The van der Waals surface area contributed by atoms with E-state index >= 15 is 0 Å². The quantitative estimate of drug-likeness (QED) is 0.713. The van der Waals surface area contributed by atoms with Crippen molar-refractivity contribution in [3.63, 3.8) is 0 Å². The second kappa shape index (κ2) is 8.99. The number of hydrogen-bond acceptors (Lipinski definition) is 4. The summed E-state index contributed by atoms with van der Waals surface area (Å²) in [7, 11) is 1.45. The summed E-state index contributed by atoms with van der Waals surface area (Å²) >= 11 is 0. The number of rotatable bonds is 8. The molecule has 2 N–H and O–H groups in total. The molecule has 1 aromatic carbocycles. The molecule has 1 heterocycles. The number of carboxylic acids is 1. The Morgan fingerprint density at radius 2 is 1.93 bits per heavy atom. The number of likely N-dealkylation sites (tertiary alicyclic amines) is 1. The van der Waals surface area contributed by atoms with E-state index in [0.717, 1.165) is 5.56 Å². The SMILES string of the molecule is COCC1(C(=O)O)CCN(C(=O)C(NC(=O)Cc2ccccc2)C(C)C)C1. The first kappa shape index (κ1) is 20.9. The van der Waals surface area contributed by atoms with Crippen LogP contribution in [-0.2, 0) is 25.5 Å². The number of amides is 2. The molecule has 2 atom stereocenters. The molecule has 7 heteroatoms. The third-order valence-electron chi connectivity index (χ3n) is 5.00. The summed E-state index contributed by atoms with van der Waals surface area (Å²) in [5.41, 5.74) is -0.212. The minimum absolute atomic E-state index is 0.0544. The molecule has 148 valence electrons. The van der Waals surface area contributed by atoms with E-state index in [-0.39, 0.29) is 37.3 Å². The molecule has 2 amide bonds. The highest BCUT2D eigenvalue weighted by atomic mass is 16.5. The number of carbonyl (C=O) groups excluding carboxylic acids is 2. The molecule has 0 radical (unpaired) electrons. The van der Waals surface area contributed by atoms with Crippen LogP contribution in [0.4, 0.5) is 0 Å². The predicted octanol–water partition coefficient (Wildman–Crippen LogP) is 1.32. The zero-order chi connectivity index (χ0) is 20.0. The van der Waals surface area contributed by atoms with Crippen molar-refractivity contribution in [2.45, 2.75) is 32.7 Å². The van der Waals surface area contributed by atoms with Gasteiger partial charge in [0.25, 0.3) is 0 Å². The Labute approximate surface area is 159 Å². The number of carbonyl (C=O) groups is 3. The van der Waals surface area contributed by atoms with Gasteiger partial charge in [-0.1, -0.05) is 44.2 Å². The lowest BCUT2D eigenvalue weighted by atomic mass is 9.88. The van der Waals surface area contributed by atoms with Gasteiger partial charge in [-0.15, -0.1) is 0 Å². The first-order valence-electron chi connectivity index (χ1n) is 9.13. The molecular formula is C20H28N2O5. The predicted molar refractivity (Wildman–Crippen MR) is 100 cm³/mol. The van der Waals surface area contributed by atoms with Crippen LogP contribution in [0.25, 0.3) is 0 Å². The summed E-state index contributed by atoms with van der Waals surface area (Å²) in [5, 5.41) is 12.4. The van der Waals surface area contributed by atoms with Gasteiger partial charge in [0, 0.05) is 20.2 Å². The van der Waals surface area contributed by atoms with Crippen LogP contribution in [0, 0.1) is 11.3 Å². The van der Waals surface area contributed by atoms with E-state index in [1.807, 2.05) is 44.2 Å².